The van der Waals surface area contributed by atoms with Gasteiger partial charge in [-0.25, -0.2) is 0 Å². The first-order valence-corrected chi connectivity index (χ1v) is 7.84. The van der Waals surface area contributed by atoms with Crippen molar-refractivity contribution in [2.75, 3.05) is 13.7 Å². The van der Waals surface area contributed by atoms with Crippen molar-refractivity contribution in [3.05, 3.63) is 29.8 Å². The van der Waals surface area contributed by atoms with Gasteiger partial charge in [-0.1, -0.05) is 12.1 Å². The van der Waals surface area contributed by atoms with E-state index in [4.69, 9.17) is 14.6 Å². The molecule has 2 aliphatic rings. The SMILES string of the molecule is COc1ccccc1C(=O)NC1CCOC2(C1)CC(C(=O)O)C2. The number of carbonyl (C=O) groups is 2. The van der Waals surface area contributed by atoms with Crippen LogP contribution in [0.1, 0.15) is 36.0 Å². The van der Waals surface area contributed by atoms with Crippen LogP contribution >= 0.6 is 0 Å². The fraction of sp³-hybridized carbons (Fsp3) is 0.529. The number of hydrogen-bond acceptors (Lipinski definition) is 4. The van der Waals surface area contributed by atoms with Crippen molar-refractivity contribution >= 4 is 11.9 Å². The summed E-state index contributed by atoms with van der Waals surface area (Å²) in [6, 6.07) is 7.10. The molecule has 3 rings (SSSR count). The Labute approximate surface area is 134 Å². The summed E-state index contributed by atoms with van der Waals surface area (Å²) < 4.78 is 11.0. The van der Waals surface area contributed by atoms with Gasteiger partial charge in [-0.3, -0.25) is 9.59 Å². The lowest BCUT2D eigenvalue weighted by atomic mass is 9.66. The molecule has 0 aromatic heterocycles. The third-order valence-electron chi connectivity index (χ3n) is 4.77. The fourth-order valence-corrected chi connectivity index (χ4v) is 3.54. The number of carboxylic acids is 1. The van der Waals surface area contributed by atoms with Gasteiger partial charge in [0.25, 0.3) is 5.91 Å². The fourth-order valence-electron chi connectivity index (χ4n) is 3.54. The Kier molecular flexibility index (Phi) is 4.26. The van der Waals surface area contributed by atoms with Crippen molar-refractivity contribution in [1.82, 2.24) is 5.32 Å². The predicted octanol–water partition coefficient (Wildman–Crippen LogP) is 1.84. The summed E-state index contributed by atoms with van der Waals surface area (Å²) in [7, 11) is 1.54. The van der Waals surface area contributed by atoms with Crippen LogP contribution in [-0.4, -0.2) is 42.3 Å². The van der Waals surface area contributed by atoms with Crippen molar-refractivity contribution in [1.29, 1.82) is 0 Å². The van der Waals surface area contributed by atoms with Crippen LogP contribution in [0, 0.1) is 5.92 Å². The van der Waals surface area contributed by atoms with E-state index in [1.807, 2.05) is 6.07 Å². The second-order valence-electron chi connectivity index (χ2n) is 6.34. The molecule has 1 aliphatic heterocycles. The molecule has 6 heteroatoms. The maximum absolute atomic E-state index is 12.5. The molecular formula is C17H21NO5. The Balaban J connectivity index is 1.62. The van der Waals surface area contributed by atoms with E-state index in [0.29, 0.717) is 37.2 Å². The molecule has 6 nitrogen and oxygen atoms in total. The second-order valence-corrected chi connectivity index (χ2v) is 6.34. The summed E-state index contributed by atoms with van der Waals surface area (Å²) in [6.45, 7) is 0.545. The minimum Gasteiger partial charge on any atom is -0.496 e. The summed E-state index contributed by atoms with van der Waals surface area (Å²) in [5.74, 6) is -0.710. The first kappa shape index (κ1) is 15.8. The largest absolute Gasteiger partial charge is 0.496 e. The number of aliphatic carboxylic acids is 1. The van der Waals surface area contributed by atoms with Crippen LogP contribution < -0.4 is 10.1 Å². The number of para-hydroxylation sites is 1. The highest BCUT2D eigenvalue weighted by atomic mass is 16.5. The van der Waals surface area contributed by atoms with E-state index in [1.165, 1.54) is 7.11 Å². The van der Waals surface area contributed by atoms with Crippen LogP contribution in [-0.2, 0) is 9.53 Å². The Hall–Kier alpha value is -2.08. The van der Waals surface area contributed by atoms with Gasteiger partial charge in [0.1, 0.15) is 5.75 Å². The lowest BCUT2D eigenvalue weighted by Gasteiger charge is -2.50. The summed E-state index contributed by atoms with van der Waals surface area (Å²) in [4.78, 5) is 23.4. The zero-order chi connectivity index (χ0) is 16.4. The number of nitrogens with one attached hydrogen (secondary N) is 1. The molecule has 1 unspecified atom stereocenters. The van der Waals surface area contributed by atoms with Gasteiger partial charge < -0.3 is 19.9 Å². The van der Waals surface area contributed by atoms with Crippen molar-refractivity contribution in [3.63, 3.8) is 0 Å². The Bertz CT molecular complexity index is 609. The molecule has 1 aromatic rings. The standard InChI is InChI=1S/C17H21NO5/c1-22-14-5-3-2-4-13(14)15(19)18-12-6-7-23-17(10-12)8-11(9-17)16(20)21/h2-5,11-12H,6-10H2,1H3,(H,18,19)(H,20,21). The molecule has 0 radical (unpaired) electrons. The van der Waals surface area contributed by atoms with Gasteiger partial charge in [0, 0.05) is 12.6 Å². The van der Waals surface area contributed by atoms with Gasteiger partial charge in [0.05, 0.1) is 24.2 Å². The topological polar surface area (TPSA) is 84.9 Å². The Morgan fingerprint density at radius 2 is 2.04 bits per heavy atom. The molecule has 1 atom stereocenters. The van der Waals surface area contributed by atoms with Gasteiger partial charge in [-0.2, -0.15) is 0 Å². The molecule has 2 N–H and O–H groups in total. The quantitative estimate of drug-likeness (QED) is 0.884. The van der Waals surface area contributed by atoms with Crippen molar-refractivity contribution < 1.29 is 24.2 Å². The predicted molar refractivity (Wildman–Crippen MR) is 82.5 cm³/mol. The number of rotatable bonds is 4. The summed E-state index contributed by atoms with van der Waals surface area (Å²) in [6.07, 6.45) is 2.46. The van der Waals surface area contributed by atoms with E-state index >= 15 is 0 Å². The van der Waals surface area contributed by atoms with E-state index in [1.54, 1.807) is 18.2 Å². The van der Waals surface area contributed by atoms with E-state index in [-0.39, 0.29) is 23.5 Å². The van der Waals surface area contributed by atoms with Crippen LogP contribution in [0.4, 0.5) is 0 Å². The van der Waals surface area contributed by atoms with Crippen LogP contribution in [0.25, 0.3) is 0 Å². The number of hydrogen-bond donors (Lipinski definition) is 2. The molecule has 1 spiro atoms. The minimum atomic E-state index is -0.764. The van der Waals surface area contributed by atoms with Gasteiger partial charge in [-0.15, -0.1) is 0 Å². The maximum Gasteiger partial charge on any atom is 0.306 e. The highest BCUT2D eigenvalue weighted by Gasteiger charge is 2.51. The first-order valence-electron chi connectivity index (χ1n) is 7.84. The number of amides is 1. The van der Waals surface area contributed by atoms with Gasteiger partial charge in [0.15, 0.2) is 0 Å². The normalized spacial score (nSPS) is 29.6. The number of carbonyl (C=O) groups excluding carboxylic acids is 1. The molecular weight excluding hydrogens is 298 g/mol. The lowest BCUT2D eigenvalue weighted by Crippen LogP contribution is -2.56. The zero-order valence-electron chi connectivity index (χ0n) is 13.1. The summed E-state index contributed by atoms with van der Waals surface area (Å²) >= 11 is 0. The number of carboxylic acid groups (broad SMARTS) is 1. The molecule has 124 valence electrons. The molecule has 1 amide bonds. The van der Waals surface area contributed by atoms with Crippen molar-refractivity contribution in [2.24, 2.45) is 5.92 Å². The van der Waals surface area contributed by atoms with E-state index in [2.05, 4.69) is 5.32 Å². The summed E-state index contributed by atoms with van der Waals surface area (Å²) in [5, 5.41) is 12.1. The van der Waals surface area contributed by atoms with Crippen molar-refractivity contribution in [3.8, 4) is 5.75 Å². The van der Waals surface area contributed by atoms with E-state index in [0.717, 1.165) is 6.42 Å². The van der Waals surface area contributed by atoms with Crippen LogP contribution in [0.3, 0.4) is 0 Å². The maximum atomic E-state index is 12.5. The average Bonchev–Trinajstić information content (AvgIpc) is 2.52. The lowest BCUT2D eigenvalue weighted by molar-refractivity contribution is -0.181. The molecule has 2 fully saturated rings. The van der Waals surface area contributed by atoms with Gasteiger partial charge in [-0.05, 0) is 37.8 Å². The number of methoxy groups -OCH3 is 1. The first-order chi connectivity index (χ1) is 11.0. The van der Waals surface area contributed by atoms with E-state index < -0.39 is 5.97 Å². The monoisotopic (exact) mass is 319 g/mol. The molecule has 0 bridgehead atoms. The third-order valence-corrected chi connectivity index (χ3v) is 4.77. The van der Waals surface area contributed by atoms with E-state index in [9.17, 15) is 9.59 Å². The molecule has 1 aromatic carbocycles. The minimum absolute atomic E-state index is 0.00379. The Morgan fingerprint density at radius 1 is 1.30 bits per heavy atom. The molecule has 1 aliphatic carbocycles. The molecule has 1 saturated carbocycles. The van der Waals surface area contributed by atoms with Crippen LogP contribution in [0.2, 0.25) is 0 Å². The second kappa shape index (κ2) is 6.20. The third kappa shape index (κ3) is 3.17. The van der Waals surface area contributed by atoms with Crippen molar-refractivity contribution in [2.45, 2.75) is 37.3 Å². The van der Waals surface area contributed by atoms with Gasteiger partial charge in [0.2, 0.25) is 0 Å². The molecule has 1 heterocycles. The number of benzene rings is 1. The molecule has 23 heavy (non-hydrogen) atoms. The highest BCUT2D eigenvalue weighted by Crippen LogP contribution is 2.46. The number of ether oxygens (including phenoxy) is 2. The average molecular weight is 319 g/mol. The van der Waals surface area contributed by atoms with Crippen LogP contribution in [0.15, 0.2) is 24.3 Å². The molecule has 1 saturated heterocycles. The Morgan fingerprint density at radius 3 is 2.74 bits per heavy atom. The summed E-state index contributed by atoms with van der Waals surface area (Å²) in [5.41, 5.74) is 0.132. The highest BCUT2D eigenvalue weighted by molar-refractivity contribution is 5.97. The van der Waals surface area contributed by atoms with Gasteiger partial charge >= 0.3 is 5.97 Å². The zero-order valence-corrected chi connectivity index (χ0v) is 13.1. The smallest absolute Gasteiger partial charge is 0.306 e. The van der Waals surface area contributed by atoms with Crippen LogP contribution in [0.5, 0.6) is 5.75 Å².